The third-order valence-electron chi connectivity index (χ3n) is 5.91. The number of hydrogen-bond donors (Lipinski definition) is 3. The quantitative estimate of drug-likeness (QED) is 0.457. The number of methoxy groups -OCH3 is 2. The van der Waals surface area contributed by atoms with Crippen molar-refractivity contribution in [1.82, 2.24) is 15.5 Å². The molecular formula is C22H36N4O3. The first-order chi connectivity index (χ1) is 14.1. The molecule has 7 heteroatoms. The minimum Gasteiger partial charge on any atom is -0.502 e. The zero-order valence-corrected chi connectivity index (χ0v) is 18.0. The topological polar surface area (TPSA) is 78.4 Å². The average molecular weight is 405 g/mol. The van der Waals surface area contributed by atoms with Gasteiger partial charge in [0.1, 0.15) is 0 Å². The second-order valence-electron chi connectivity index (χ2n) is 8.08. The van der Waals surface area contributed by atoms with Gasteiger partial charge in [-0.05, 0) is 49.8 Å². The van der Waals surface area contributed by atoms with Gasteiger partial charge < -0.3 is 30.1 Å². The van der Waals surface area contributed by atoms with Crippen molar-refractivity contribution in [2.24, 2.45) is 10.9 Å². The van der Waals surface area contributed by atoms with Gasteiger partial charge in [0.05, 0.1) is 20.8 Å². The fourth-order valence-corrected chi connectivity index (χ4v) is 4.40. The van der Waals surface area contributed by atoms with Crippen molar-refractivity contribution in [3.63, 3.8) is 0 Å². The van der Waals surface area contributed by atoms with Gasteiger partial charge in [-0.3, -0.25) is 0 Å². The number of guanidine groups is 1. The fraction of sp³-hybridized carbons (Fsp3) is 0.682. The Balaban J connectivity index is 1.58. The third-order valence-corrected chi connectivity index (χ3v) is 5.91. The van der Waals surface area contributed by atoms with Gasteiger partial charge in [-0.2, -0.15) is 0 Å². The summed E-state index contributed by atoms with van der Waals surface area (Å²) in [6.07, 6.45) is 6.77. The van der Waals surface area contributed by atoms with Crippen molar-refractivity contribution < 1.29 is 14.6 Å². The summed E-state index contributed by atoms with van der Waals surface area (Å²) in [5.74, 6) is 2.53. The fourth-order valence-electron chi connectivity index (χ4n) is 4.40. The predicted octanol–water partition coefficient (Wildman–Crippen LogP) is 2.73. The molecule has 2 aliphatic rings. The lowest BCUT2D eigenvalue weighted by atomic mass is 10.1. The molecule has 1 aliphatic heterocycles. The van der Waals surface area contributed by atoms with E-state index in [-0.39, 0.29) is 5.75 Å². The maximum atomic E-state index is 10.1. The summed E-state index contributed by atoms with van der Waals surface area (Å²) in [6, 6.07) is 4.02. The molecule has 162 valence electrons. The lowest BCUT2D eigenvalue weighted by Crippen LogP contribution is -2.44. The van der Waals surface area contributed by atoms with Crippen LogP contribution in [0, 0.1) is 5.92 Å². The molecule has 1 atom stereocenters. The van der Waals surface area contributed by atoms with Gasteiger partial charge in [-0.25, -0.2) is 4.99 Å². The molecule has 0 bridgehead atoms. The Morgan fingerprint density at radius 3 is 2.48 bits per heavy atom. The van der Waals surface area contributed by atoms with Crippen LogP contribution in [0.15, 0.2) is 17.1 Å². The standard InChI is InChI=1S/C22H36N4O3/c1-4-23-22(24-13-17-11-19(28-2)21(27)20(12-17)29-3)25-18-9-10-26(15-18)14-16-7-5-6-8-16/h11-12,16,18,27H,4-10,13-15H2,1-3H3,(H2,23,24,25). The normalized spacial score (nSPS) is 20.8. The second kappa shape index (κ2) is 10.6. The lowest BCUT2D eigenvalue weighted by Gasteiger charge is -2.21. The molecule has 0 spiro atoms. The van der Waals surface area contributed by atoms with Crippen molar-refractivity contribution in [3.05, 3.63) is 17.7 Å². The molecule has 1 saturated heterocycles. The lowest BCUT2D eigenvalue weighted by molar-refractivity contribution is 0.275. The zero-order chi connectivity index (χ0) is 20.6. The summed E-state index contributed by atoms with van der Waals surface area (Å²) < 4.78 is 10.5. The number of ether oxygens (including phenoxy) is 2. The Morgan fingerprint density at radius 2 is 1.86 bits per heavy atom. The monoisotopic (exact) mass is 404 g/mol. The Bertz CT molecular complexity index is 664. The van der Waals surface area contributed by atoms with Gasteiger partial charge in [-0.15, -0.1) is 0 Å². The van der Waals surface area contributed by atoms with Gasteiger partial charge in [-0.1, -0.05) is 12.8 Å². The molecule has 3 rings (SSSR count). The number of nitrogens with zero attached hydrogens (tertiary/aromatic N) is 2. The molecular weight excluding hydrogens is 368 g/mol. The van der Waals surface area contributed by atoms with Crippen molar-refractivity contribution >= 4 is 5.96 Å². The minimum atomic E-state index is 0.0149. The first-order valence-corrected chi connectivity index (χ1v) is 10.8. The number of nitrogens with one attached hydrogen (secondary N) is 2. The van der Waals surface area contributed by atoms with Crippen LogP contribution in [0.3, 0.4) is 0 Å². The molecule has 1 unspecified atom stereocenters. The molecule has 1 heterocycles. The largest absolute Gasteiger partial charge is 0.502 e. The summed E-state index contributed by atoms with van der Waals surface area (Å²) in [6.45, 7) is 6.86. The number of likely N-dealkylation sites (tertiary alicyclic amines) is 1. The molecule has 29 heavy (non-hydrogen) atoms. The highest BCUT2D eigenvalue weighted by atomic mass is 16.5. The Kier molecular flexibility index (Phi) is 7.86. The van der Waals surface area contributed by atoms with Crippen LogP contribution in [0.25, 0.3) is 0 Å². The zero-order valence-electron chi connectivity index (χ0n) is 18.0. The smallest absolute Gasteiger partial charge is 0.200 e. The van der Waals surface area contributed by atoms with Gasteiger partial charge >= 0.3 is 0 Å². The number of aromatic hydroxyl groups is 1. The molecule has 7 nitrogen and oxygen atoms in total. The van der Waals surface area contributed by atoms with Gasteiger partial charge in [0.2, 0.25) is 5.75 Å². The van der Waals surface area contributed by atoms with Crippen LogP contribution in [-0.2, 0) is 6.54 Å². The molecule has 1 aromatic carbocycles. The summed E-state index contributed by atoms with van der Waals surface area (Å²) in [5, 5.41) is 17.0. The van der Waals surface area contributed by atoms with Gasteiger partial charge in [0.15, 0.2) is 17.5 Å². The van der Waals surface area contributed by atoms with E-state index >= 15 is 0 Å². The van der Waals surface area contributed by atoms with Crippen LogP contribution < -0.4 is 20.1 Å². The first kappa shape index (κ1) is 21.6. The number of rotatable bonds is 8. The maximum Gasteiger partial charge on any atom is 0.200 e. The van der Waals surface area contributed by atoms with Crippen LogP contribution in [-0.4, -0.2) is 62.4 Å². The SMILES string of the molecule is CCNC(=NCc1cc(OC)c(O)c(OC)c1)NC1CCN(CC2CCCC2)C1. The highest BCUT2D eigenvalue weighted by molar-refractivity contribution is 5.80. The number of phenolic OH excluding ortho intramolecular Hbond substituents is 1. The molecule has 0 amide bonds. The number of aliphatic imine (C=N–C) groups is 1. The van der Waals surface area contributed by atoms with Crippen molar-refractivity contribution in [2.45, 2.75) is 51.6 Å². The molecule has 1 aromatic rings. The molecule has 0 aromatic heterocycles. The van der Waals surface area contributed by atoms with E-state index < -0.39 is 0 Å². The van der Waals surface area contributed by atoms with Crippen LogP contribution in [0.4, 0.5) is 0 Å². The Labute approximate surface area is 174 Å². The van der Waals surface area contributed by atoms with Crippen LogP contribution in [0.2, 0.25) is 0 Å². The van der Waals surface area contributed by atoms with E-state index in [1.165, 1.54) is 53.0 Å². The molecule has 0 radical (unpaired) electrons. The van der Waals surface area contributed by atoms with Crippen LogP contribution >= 0.6 is 0 Å². The van der Waals surface area contributed by atoms with E-state index in [0.717, 1.165) is 37.0 Å². The molecule has 1 saturated carbocycles. The summed E-state index contributed by atoms with van der Waals surface area (Å²) in [5.41, 5.74) is 0.919. The first-order valence-electron chi connectivity index (χ1n) is 10.8. The highest BCUT2D eigenvalue weighted by Crippen LogP contribution is 2.37. The van der Waals surface area contributed by atoms with E-state index in [0.29, 0.717) is 24.1 Å². The van der Waals surface area contributed by atoms with E-state index in [1.54, 1.807) is 12.1 Å². The second-order valence-corrected chi connectivity index (χ2v) is 8.08. The maximum absolute atomic E-state index is 10.1. The van der Waals surface area contributed by atoms with Crippen LogP contribution in [0.1, 0.15) is 44.6 Å². The van der Waals surface area contributed by atoms with Gasteiger partial charge in [0.25, 0.3) is 0 Å². The van der Waals surface area contributed by atoms with Crippen molar-refractivity contribution in [3.8, 4) is 17.2 Å². The van der Waals surface area contributed by atoms with E-state index in [2.05, 4.69) is 22.5 Å². The van der Waals surface area contributed by atoms with Crippen molar-refractivity contribution in [1.29, 1.82) is 0 Å². The Hall–Kier alpha value is -2.15. The van der Waals surface area contributed by atoms with E-state index in [9.17, 15) is 5.11 Å². The average Bonchev–Trinajstić information content (AvgIpc) is 3.39. The van der Waals surface area contributed by atoms with Crippen LogP contribution in [0.5, 0.6) is 17.2 Å². The predicted molar refractivity (Wildman–Crippen MR) is 116 cm³/mol. The third kappa shape index (κ3) is 5.92. The number of hydrogen-bond acceptors (Lipinski definition) is 5. The summed E-state index contributed by atoms with van der Waals surface area (Å²) in [7, 11) is 3.06. The number of phenols is 1. The van der Waals surface area contributed by atoms with E-state index in [1.807, 2.05) is 0 Å². The highest BCUT2D eigenvalue weighted by Gasteiger charge is 2.26. The molecule has 1 aliphatic carbocycles. The van der Waals surface area contributed by atoms with Gasteiger partial charge in [0, 0.05) is 32.2 Å². The van der Waals surface area contributed by atoms with Crippen molar-refractivity contribution in [2.75, 3.05) is 40.4 Å². The summed E-state index contributed by atoms with van der Waals surface area (Å²) in [4.78, 5) is 7.34. The number of benzene rings is 1. The summed E-state index contributed by atoms with van der Waals surface area (Å²) >= 11 is 0. The molecule has 2 fully saturated rings. The Morgan fingerprint density at radius 1 is 1.17 bits per heavy atom. The minimum absolute atomic E-state index is 0.0149. The molecule has 3 N–H and O–H groups in total. The van der Waals surface area contributed by atoms with E-state index in [4.69, 9.17) is 14.5 Å².